The van der Waals surface area contributed by atoms with Gasteiger partial charge in [-0.25, -0.2) is 4.79 Å². The summed E-state index contributed by atoms with van der Waals surface area (Å²) < 4.78 is 31.7. The molecule has 216 valence electrons. The van der Waals surface area contributed by atoms with Crippen molar-refractivity contribution in [3.8, 4) is 0 Å². The van der Waals surface area contributed by atoms with Crippen LogP contribution in [-0.2, 0) is 43.5 Å². The molecule has 4 aromatic carbocycles. The van der Waals surface area contributed by atoms with E-state index in [4.69, 9.17) is 23.7 Å². The molecule has 2 aliphatic rings. The fraction of sp³-hybridized carbons (Fsp3) is 0.286. The maximum atomic E-state index is 13.6. The van der Waals surface area contributed by atoms with E-state index in [0.29, 0.717) is 13.2 Å². The van der Waals surface area contributed by atoms with E-state index in [-0.39, 0.29) is 19.8 Å². The van der Waals surface area contributed by atoms with Gasteiger partial charge in [0.1, 0.15) is 24.9 Å². The Bertz CT molecular complexity index is 1390. The molecule has 0 bridgehead atoms. The number of ether oxygens (including phenoxy) is 5. The van der Waals surface area contributed by atoms with Crippen LogP contribution in [0.2, 0.25) is 0 Å². The standard InChI is InChI=1S/C35H35NO6/c37-35(41-24-28-17-9-3-10-18-28)36-21-31(38-22-26-13-5-1-6-14-26)33(39-23-27-15-7-2-8-16-27)32-30(36)25-40-34(42-32)29-19-11-4-12-20-29/h1-20,30-34H,21-25H2. The summed E-state index contributed by atoms with van der Waals surface area (Å²) in [5.74, 6) is 0. The molecule has 2 aliphatic heterocycles. The number of piperidine rings is 1. The van der Waals surface area contributed by atoms with E-state index in [0.717, 1.165) is 22.3 Å². The molecule has 0 aromatic heterocycles. The third kappa shape index (κ3) is 6.89. The van der Waals surface area contributed by atoms with Crippen molar-refractivity contribution in [3.05, 3.63) is 144 Å². The minimum absolute atomic E-state index is 0.172. The SMILES string of the molecule is O=C(OCc1ccccc1)N1CC(OCc2ccccc2)C(OCc2ccccc2)C2OC(c3ccccc3)OCC21. The highest BCUT2D eigenvalue weighted by Gasteiger charge is 2.51. The number of hydrogen-bond donors (Lipinski definition) is 0. The van der Waals surface area contributed by atoms with Crippen LogP contribution in [0.5, 0.6) is 0 Å². The minimum Gasteiger partial charge on any atom is -0.445 e. The number of nitrogens with zero attached hydrogens (tertiary/aromatic N) is 1. The summed E-state index contributed by atoms with van der Waals surface area (Å²) in [5.41, 5.74) is 3.91. The zero-order valence-electron chi connectivity index (χ0n) is 23.4. The van der Waals surface area contributed by atoms with Crippen molar-refractivity contribution in [2.75, 3.05) is 13.2 Å². The van der Waals surface area contributed by atoms with Crippen LogP contribution in [0.15, 0.2) is 121 Å². The number of carbonyl (C=O) groups is 1. The lowest BCUT2D eigenvalue weighted by atomic mass is 9.92. The van der Waals surface area contributed by atoms with Gasteiger partial charge >= 0.3 is 6.09 Å². The molecule has 0 N–H and O–H groups in total. The van der Waals surface area contributed by atoms with E-state index in [2.05, 4.69) is 0 Å². The monoisotopic (exact) mass is 565 g/mol. The van der Waals surface area contributed by atoms with Crippen LogP contribution in [0.25, 0.3) is 0 Å². The summed E-state index contributed by atoms with van der Waals surface area (Å²) >= 11 is 0. The number of benzene rings is 4. The molecule has 7 heteroatoms. The van der Waals surface area contributed by atoms with Crippen LogP contribution in [0.1, 0.15) is 28.5 Å². The van der Waals surface area contributed by atoms with Crippen LogP contribution < -0.4 is 0 Å². The van der Waals surface area contributed by atoms with Gasteiger partial charge in [-0.1, -0.05) is 121 Å². The van der Waals surface area contributed by atoms with Gasteiger partial charge in [0, 0.05) is 5.56 Å². The molecule has 4 aromatic rings. The quantitative estimate of drug-likeness (QED) is 0.238. The number of carbonyl (C=O) groups excluding carboxylic acids is 1. The predicted octanol–water partition coefficient (Wildman–Crippen LogP) is 6.29. The first-order valence-electron chi connectivity index (χ1n) is 14.3. The molecule has 0 spiro atoms. The molecule has 7 nitrogen and oxygen atoms in total. The molecule has 2 heterocycles. The Morgan fingerprint density at radius 3 is 1.81 bits per heavy atom. The maximum Gasteiger partial charge on any atom is 0.410 e. The fourth-order valence-corrected chi connectivity index (χ4v) is 5.45. The highest BCUT2D eigenvalue weighted by atomic mass is 16.7. The number of fused-ring (bicyclic) bond motifs is 1. The third-order valence-electron chi connectivity index (χ3n) is 7.65. The smallest absolute Gasteiger partial charge is 0.410 e. The molecule has 2 fully saturated rings. The average Bonchev–Trinajstić information content (AvgIpc) is 3.06. The molecule has 5 unspecified atom stereocenters. The number of amides is 1. The number of likely N-dealkylation sites (tertiary alicyclic amines) is 1. The summed E-state index contributed by atoms with van der Waals surface area (Å²) in [6.45, 7) is 1.49. The van der Waals surface area contributed by atoms with Crippen LogP contribution in [0.4, 0.5) is 4.79 Å². The minimum atomic E-state index is -0.592. The maximum absolute atomic E-state index is 13.6. The van der Waals surface area contributed by atoms with Crippen molar-refractivity contribution in [3.63, 3.8) is 0 Å². The molecule has 5 atom stereocenters. The Labute approximate surface area is 246 Å². The highest BCUT2D eigenvalue weighted by molar-refractivity contribution is 5.68. The lowest BCUT2D eigenvalue weighted by Gasteiger charge is -2.50. The van der Waals surface area contributed by atoms with Gasteiger partial charge in [0.2, 0.25) is 0 Å². The summed E-state index contributed by atoms with van der Waals surface area (Å²) in [5, 5.41) is 0. The predicted molar refractivity (Wildman–Crippen MR) is 157 cm³/mol. The van der Waals surface area contributed by atoms with Gasteiger partial charge in [-0.2, -0.15) is 0 Å². The van der Waals surface area contributed by atoms with Gasteiger partial charge in [-0.15, -0.1) is 0 Å². The first-order chi connectivity index (χ1) is 20.7. The summed E-state index contributed by atoms with van der Waals surface area (Å²) in [4.78, 5) is 15.3. The number of hydrogen-bond acceptors (Lipinski definition) is 6. The lowest BCUT2D eigenvalue weighted by molar-refractivity contribution is -0.295. The molecule has 0 aliphatic carbocycles. The molecule has 0 radical (unpaired) electrons. The Hall–Kier alpha value is -4.01. The van der Waals surface area contributed by atoms with E-state index in [1.807, 2.05) is 121 Å². The largest absolute Gasteiger partial charge is 0.445 e. The Kier molecular flexibility index (Phi) is 9.22. The summed E-state index contributed by atoms with van der Waals surface area (Å²) in [6.07, 6.45) is -2.45. The van der Waals surface area contributed by atoms with Gasteiger partial charge in [0.25, 0.3) is 0 Å². The van der Waals surface area contributed by atoms with Gasteiger partial charge in [0.15, 0.2) is 6.29 Å². The van der Waals surface area contributed by atoms with Crippen molar-refractivity contribution in [1.29, 1.82) is 0 Å². The zero-order valence-corrected chi connectivity index (χ0v) is 23.4. The Morgan fingerprint density at radius 1 is 0.690 bits per heavy atom. The molecule has 6 rings (SSSR count). The second kappa shape index (κ2) is 13.8. The second-order valence-electron chi connectivity index (χ2n) is 10.5. The van der Waals surface area contributed by atoms with Gasteiger partial charge in [-0.05, 0) is 16.7 Å². The van der Waals surface area contributed by atoms with Gasteiger partial charge in [0.05, 0.1) is 32.4 Å². The molecule has 2 saturated heterocycles. The van der Waals surface area contributed by atoms with Crippen LogP contribution in [0.3, 0.4) is 0 Å². The Morgan fingerprint density at radius 2 is 1.21 bits per heavy atom. The first kappa shape index (κ1) is 28.1. The van der Waals surface area contributed by atoms with Crippen molar-refractivity contribution < 1.29 is 28.5 Å². The Balaban J connectivity index is 1.27. The van der Waals surface area contributed by atoms with E-state index in [9.17, 15) is 4.79 Å². The van der Waals surface area contributed by atoms with Crippen molar-refractivity contribution in [2.24, 2.45) is 0 Å². The normalized spacial score (nSPS) is 23.6. The highest BCUT2D eigenvalue weighted by Crippen LogP contribution is 2.36. The van der Waals surface area contributed by atoms with Gasteiger partial charge < -0.3 is 23.7 Å². The first-order valence-corrected chi connectivity index (χ1v) is 14.3. The molecule has 0 saturated carbocycles. The summed E-state index contributed by atoms with van der Waals surface area (Å²) in [6, 6.07) is 39.1. The van der Waals surface area contributed by atoms with Crippen molar-refractivity contribution in [1.82, 2.24) is 4.90 Å². The molecule has 42 heavy (non-hydrogen) atoms. The molecular formula is C35H35NO6. The van der Waals surface area contributed by atoms with E-state index < -0.39 is 36.7 Å². The summed E-state index contributed by atoms with van der Waals surface area (Å²) in [7, 11) is 0. The zero-order chi connectivity index (χ0) is 28.6. The van der Waals surface area contributed by atoms with E-state index in [1.165, 1.54) is 0 Å². The van der Waals surface area contributed by atoms with Crippen molar-refractivity contribution in [2.45, 2.75) is 50.5 Å². The average molecular weight is 566 g/mol. The lowest BCUT2D eigenvalue weighted by Crippen LogP contribution is -2.67. The fourth-order valence-electron chi connectivity index (χ4n) is 5.45. The van der Waals surface area contributed by atoms with Crippen LogP contribution >= 0.6 is 0 Å². The van der Waals surface area contributed by atoms with Crippen LogP contribution in [0, 0.1) is 0 Å². The number of rotatable bonds is 9. The third-order valence-corrected chi connectivity index (χ3v) is 7.65. The molecule has 1 amide bonds. The van der Waals surface area contributed by atoms with Gasteiger partial charge in [-0.3, -0.25) is 4.90 Å². The van der Waals surface area contributed by atoms with Crippen LogP contribution in [-0.4, -0.2) is 48.5 Å². The van der Waals surface area contributed by atoms with E-state index >= 15 is 0 Å². The second-order valence-corrected chi connectivity index (χ2v) is 10.5. The topological polar surface area (TPSA) is 66.5 Å². The van der Waals surface area contributed by atoms with E-state index in [1.54, 1.807) is 4.90 Å². The van der Waals surface area contributed by atoms with Crippen molar-refractivity contribution >= 4 is 6.09 Å². The molecular weight excluding hydrogens is 530 g/mol.